The summed E-state index contributed by atoms with van der Waals surface area (Å²) in [5.41, 5.74) is -0.484. The van der Waals surface area contributed by atoms with Crippen LogP contribution in [0.1, 0.15) is 30.1 Å². The summed E-state index contributed by atoms with van der Waals surface area (Å²) in [5, 5.41) is 0. The zero-order valence-corrected chi connectivity index (χ0v) is 11.5. The minimum absolute atomic E-state index is 0.311. The number of aromatic nitrogens is 2. The van der Waals surface area contributed by atoms with Crippen molar-refractivity contribution in [1.29, 1.82) is 0 Å². The Morgan fingerprint density at radius 1 is 1.19 bits per heavy atom. The molecule has 1 saturated carbocycles. The van der Waals surface area contributed by atoms with Gasteiger partial charge in [0.05, 0.1) is 5.56 Å². The number of alkyl halides is 3. The van der Waals surface area contributed by atoms with Crippen molar-refractivity contribution in [3.8, 4) is 11.3 Å². The summed E-state index contributed by atoms with van der Waals surface area (Å²) in [6.45, 7) is 0. The molecule has 2 aromatic rings. The van der Waals surface area contributed by atoms with Crippen molar-refractivity contribution < 1.29 is 17.6 Å². The molecule has 0 bridgehead atoms. The molecule has 1 aromatic carbocycles. The molecule has 1 aliphatic carbocycles. The standard InChI is InChI=1S/C14H10F4N2S/c15-10-5-8(3-4-9(10)14(16,17)18)11-6-12(21)20-13(19-11)7-1-2-7/h3-7H,1-2H2,(H,19,20,21). The Morgan fingerprint density at radius 2 is 1.90 bits per heavy atom. The Hall–Kier alpha value is -1.76. The highest BCUT2D eigenvalue weighted by atomic mass is 32.1. The van der Waals surface area contributed by atoms with Crippen molar-refractivity contribution in [2.24, 2.45) is 0 Å². The maximum Gasteiger partial charge on any atom is 0.419 e. The summed E-state index contributed by atoms with van der Waals surface area (Å²) in [5.74, 6) is -0.284. The van der Waals surface area contributed by atoms with Crippen LogP contribution in [0.5, 0.6) is 0 Å². The smallest absolute Gasteiger partial charge is 0.343 e. The molecule has 1 fully saturated rings. The molecule has 1 N–H and O–H groups in total. The van der Waals surface area contributed by atoms with Crippen molar-refractivity contribution in [3.63, 3.8) is 0 Å². The van der Waals surface area contributed by atoms with Gasteiger partial charge >= 0.3 is 6.18 Å². The van der Waals surface area contributed by atoms with Crippen molar-refractivity contribution in [3.05, 3.63) is 46.1 Å². The van der Waals surface area contributed by atoms with Gasteiger partial charge < -0.3 is 4.98 Å². The molecule has 21 heavy (non-hydrogen) atoms. The van der Waals surface area contributed by atoms with Crippen molar-refractivity contribution >= 4 is 12.2 Å². The van der Waals surface area contributed by atoms with Crippen molar-refractivity contribution in [2.75, 3.05) is 0 Å². The van der Waals surface area contributed by atoms with Crippen molar-refractivity contribution in [1.82, 2.24) is 9.97 Å². The van der Waals surface area contributed by atoms with Gasteiger partial charge in [0.2, 0.25) is 0 Å². The van der Waals surface area contributed by atoms with Crippen LogP contribution >= 0.6 is 12.2 Å². The molecular formula is C14H10F4N2S. The van der Waals surface area contributed by atoms with E-state index in [1.165, 1.54) is 12.1 Å². The Morgan fingerprint density at radius 3 is 2.48 bits per heavy atom. The first kappa shape index (κ1) is 14.2. The average molecular weight is 314 g/mol. The highest BCUT2D eigenvalue weighted by Gasteiger charge is 2.34. The molecule has 0 aliphatic heterocycles. The molecule has 110 valence electrons. The van der Waals surface area contributed by atoms with E-state index in [-0.39, 0.29) is 0 Å². The lowest BCUT2D eigenvalue weighted by Gasteiger charge is -2.10. The minimum Gasteiger partial charge on any atom is -0.343 e. The second-order valence-corrected chi connectivity index (χ2v) is 5.40. The minimum atomic E-state index is -4.70. The number of halogens is 4. The maximum atomic E-state index is 13.6. The van der Waals surface area contributed by atoms with Crippen LogP contribution in [0.15, 0.2) is 24.3 Å². The summed E-state index contributed by atoms with van der Waals surface area (Å²) >= 11 is 5.05. The first-order valence-corrected chi connectivity index (χ1v) is 6.74. The zero-order chi connectivity index (χ0) is 15.2. The number of H-pyrrole nitrogens is 1. The number of benzene rings is 1. The normalized spacial score (nSPS) is 15.2. The summed E-state index contributed by atoms with van der Waals surface area (Å²) in [6.07, 6.45) is -2.70. The molecule has 1 aliphatic rings. The number of nitrogens with zero attached hydrogens (tertiary/aromatic N) is 1. The van der Waals surface area contributed by atoms with E-state index in [2.05, 4.69) is 9.97 Å². The summed E-state index contributed by atoms with van der Waals surface area (Å²) in [7, 11) is 0. The topological polar surface area (TPSA) is 28.7 Å². The molecular weight excluding hydrogens is 304 g/mol. The van der Waals surface area contributed by atoms with Crippen LogP contribution in [-0.2, 0) is 6.18 Å². The number of hydrogen-bond acceptors (Lipinski definition) is 2. The first-order valence-electron chi connectivity index (χ1n) is 6.33. The quantitative estimate of drug-likeness (QED) is 0.634. The molecule has 0 radical (unpaired) electrons. The highest BCUT2D eigenvalue weighted by Crippen LogP contribution is 2.39. The predicted octanol–water partition coefficient (Wildman–Crippen LogP) is 4.84. The fourth-order valence-electron chi connectivity index (χ4n) is 2.09. The second-order valence-electron chi connectivity index (χ2n) is 4.98. The molecule has 2 nitrogen and oxygen atoms in total. The van der Waals surface area contributed by atoms with Gasteiger partial charge in [-0.1, -0.05) is 18.3 Å². The van der Waals surface area contributed by atoms with Gasteiger partial charge in [-0.25, -0.2) is 9.37 Å². The van der Waals surface area contributed by atoms with Gasteiger partial charge in [-0.2, -0.15) is 13.2 Å². The Kier molecular flexibility index (Phi) is 3.32. The summed E-state index contributed by atoms with van der Waals surface area (Å²) < 4.78 is 51.6. The van der Waals surface area contributed by atoms with Crippen LogP contribution in [0.2, 0.25) is 0 Å². The van der Waals surface area contributed by atoms with E-state index < -0.39 is 17.6 Å². The molecule has 7 heteroatoms. The number of aromatic amines is 1. The molecule has 0 amide bonds. The van der Waals surface area contributed by atoms with Crippen LogP contribution < -0.4 is 0 Å². The van der Waals surface area contributed by atoms with Gasteiger partial charge in [-0.05, 0) is 31.0 Å². The van der Waals surface area contributed by atoms with Gasteiger partial charge in [0.15, 0.2) is 0 Å². The predicted molar refractivity (Wildman–Crippen MR) is 71.8 cm³/mol. The third-order valence-electron chi connectivity index (χ3n) is 3.31. The third kappa shape index (κ3) is 2.97. The van der Waals surface area contributed by atoms with Gasteiger partial charge in [-0.15, -0.1) is 0 Å². The lowest BCUT2D eigenvalue weighted by molar-refractivity contribution is -0.139. The average Bonchev–Trinajstić information content (AvgIpc) is 3.20. The maximum absolute atomic E-state index is 13.6. The first-order chi connectivity index (χ1) is 9.84. The lowest BCUT2D eigenvalue weighted by atomic mass is 10.1. The van der Waals surface area contributed by atoms with Crippen LogP contribution in [0.4, 0.5) is 17.6 Å². The van der Waals surface area contributed by atoms with E-state index in [9.17, 15) is 17.6 Å². The largest absolute Gasteiger partial charge is 0.419 e. The molecule has 0 atom stereocenters. The van der Waals surface area contributed by atoms with E-state index in [0.717, 1.165) is 25.0 Å². The van der Waals surface area contributed by atoms with Crippen LogP contribution in [0.3, 0.4) is 0 Å². The Bertz CT molecular complexity index is 747. The molecule has 1 aromatic heterocycles. The van der Waals surface area contributed by atoms with Crippen molar-refractivity contribution in [2.45, 2.75) is 24.9 Å². The molecule has 0 unspecified atom stereocenters. The monoisotopic (exact) mass is 314 g/mol. The SMILES string of the molecule is Fc1cc(-c2cc(=S)nc(C3CC3)[nH]2)ccc1C(F)(F)F. The van der Waals surface area contributed by atoms with Gasteiger partial charge in [0.25, 0.3) is 0 Å². The lowest BCUT2D eigenvalue weighted by Crippen LogP contribution is -2.08. The molecule has 3 rings (SSSR count). The van der Waals surface area contributed by atoms with E-state index >= 15 is 0 Å². The number of hydrogen-bond donors (Lipinski definition) is 1. The number of rotatable bonds is 2. The second kappa shape index (κ2) is 4.91. The zero-order valence-electron chi connectivity index (χ0n) is 10.7. The highest BCUT2D eigenvalue weighted by molar-refractivity contribution is 7.71. The van der Waals surface area contributed by atoms with Gasteiger partial charge in [-0.3, -0.25) is 0 Å². The van der Waals surface area contributed by atoms with Crippen LogP contribution in [0, 0.1) is 10.5 Å². The van der Waals surface area contributed by atoms with E-state index in [4.69, 9.17) is 12.2 Å². The van der Waals surface area contributed by atoms with E-state index in [1.807, 2.05) is 0 Å². The van der Waals surface area contributed by atoms with Gasteiger partial charge in [0, 0.05) is 17.2 Å². The van der Waals surface area contributed by atoms with Crippen LogP contribution in [-0.4, -0.2) is 9.97 Å². The molecule has 1 heterocycles. The molecule has 0 spiro atoms. The van der Waals surface area contributed by atoms with E-state index in [1.54, 1.807) is 0 Å². The number of nitrogens with one attached hydrogen (secondary N) is 1. The fraction of sp³-hybridized carbons (Fsp3) is 0.286. The fourth-order valence-corrected chi connectivity index (χ4v) is 2.31. The van der Waals surface area contributed by atoms with E-state index in [0.29, 0.717) is 27.6 Å². The van der Waals surface area contributed by atoms with Gasteiger partial charge in [0.1, 0.15) is 16.3 Å². The Labute approximate surface area is 122 Å². The van der Waals surface area contributed by atoms with Crippen LogP contribution in [0.25, 0.3) is 11.3 Å². The summed E-state index contributed by atoms with van der Waals surface area (Å²) in [6, 6.07) is 4.34. The summed E-state index contributed by atoms with van der Waals surface area (Å²) in [4.78, 5) is 7.21. The Balaban J connectivity index is 2.05. The third-order valence-corrected chi connectivity index (χ3v) is 3.52. The molecule has 0 saturated heterocycles.